The summed E-state index contributed by atoms with van der Waals surface area (Å²) in [6.07, 6.45) is 7.87. The van der Waals surface area contributed by atoms with E-state index in [0.717, 1.165) is 6.42 Å². The van der Waals surface area contributed by atoms with E-state index in [1.165, 1.54) is 32.1 Å². The molecule has 0 bridgehead atoms. The van der Waals surface area contributed by atoms with Gasteiger partial charge in [-0.3, -0.25) is 0 Å². The van der Waals surface area contributed by atoms with Gasteiger partial charge in [0.15, 0.2) is 0 Å². The second kappa shape index (κ2) is 9.16. The van der Waals surface area contributed by atoms with Crippen molar-refractivity contribution in [2.24, 2.45) is 0 Å². The normalized spacial score (nSPS) is 8.70. The van der Waals surface area contributed by atoms with Crippen molar-refractivity contribution >= 4 is 17.7 Å². The van der Waals surface area contributed by atoms with Crippen molar-refractivity contribution in [2.75, 3.05) is 0 Å². The van der Waals surface area contributed by atoms with Gasteiger partial charge in [0.1, 0.15) is 0 Å². The second-order valence-corrected chi connectivity index (χ2v) is 2.59. The molecule has 0 amide bonds. The summed E-state index contributed by atoms with van der Waals surface area (Å²) in [5.74, 6) is 3.08. The molecule has 0 unspecified atom stereocenters. The van der Waals surface area contributed by atoms with Crippen molar-refractivity contribution in [1.82, 2.24) is 0 Å². The first-order valence-corrected chi connectivity index (χ1v) is 4.31. The first-order chi connectivity index (χ1) is 4.91. The van der Waals surface area contributed by atoms with Crippen LogP contribution in [0.1, 0.15) is 45.4 Å². The number of hydrogen-bond donors (Lipinski definition) is 0. The summed E-state index contributed by atoms with van der Waals surface area (Å²) < 4.78 is 2.91. The SMILES string of the molecule is [Li][C]#CCCCCCCC. The molecule has 0 saturated heterocycles. The minimum absolute atomic E-state index is 1.10. The van der Waals surface area contributed by atoms with Crippen molar-refractivity contribution in [3.63, 3.8) is 0 Å². The number of unbranched alkanes of at least 4 members (excludes halogenated alkanes) is 5. The van der Waals surface area contributed by atoms with E-state index in [9.17, 15) is 0 Å². The van der Waals surface area contributed by atoms with Crippen molar-refractivity contribution < 1.29 is 0 Å². The molecule has 0 aliphatic heterocycles. The van der Waals surface area contributed by atoms with Crippen molar-refractivity contribution in [3.8, 4) is 10.5 Å². The second-order valence-electron chi connectivity index (χ2n) is 2.59. The molecule has 0 heterocycles. The summed E-state index contributed by atoms with van der Waals surface area (Å²) in [7, 11) is 0. The molecule has 52 valence electrons. The Labute approximate surface area is 74.0 Å². The third kappa shape index (κ3) is 8.16. The van der Waals surface area contributed by atoms with Crippen LogP contribution >= 0.6 is 0 Å². The van der Waals surface area contributed by atoms with Gasteiger partial charge >= 0.3 is 73.7 Å². The van der Waals surface area contributed by atoms with Crippen LogP contribution in [0.2, 0.25) is 0 Å². The molecule has 0 atom stereocenters. The minimum atomic E-state index is 1.10. The molecule has 0 saturated carbocycles. The molecule has 0 rings (SSSR count). The van der Waals surface area contributed by atoms with Crippen LogP contribution in [0.5, 0.6) is 0 Å². The summed E-state index contributed by atoms with van der Waals surface area (Å²) in [4.78, 5) is 0. The zero-order valence-corrected chi connectivity index (χ0v) is 7.24. The Morgan fingerprint density at radius 1 is 1.10 bits per heavy atom. The van der Waals surface area contributed by atoms with Crippen LogP contribution in [-0.2, 0) is 0 Å². The molecule has 10 heavy (non-hydrogen) atoms. The Morgan fingerprint density at radius 2 is 1.80 bits per heavy atom. The summed E-state index contributed by atoms with van der Waals surface area (Å²) in [5.41, 5.74) is 0. The van der Waals surface area contributed by atoms with Gasteiger partial charge in [-0.05, 0) is 0 Å². The van der Waals surface area contributed by atoms with E-state index in [4.69, 9.17) is 0 Å². The Hall–Kier alpha value is 0.157. The molecule has 0 aromatic heterocycles. The van der Waals surface area contributed by atoms with E-state index in [1.54, 1.807) is 0 Å². The Morgan fingerprint density at radius 3 is 2.40 bits per heavy atom. The Bertz CT molecular complexity index is 108. The monoisotopic (exact) mass is 130 g/mol. The molecule has 0 N–H and O–H groups in total. The number of rotatable bonds is 5. The van der Waals surface area contributed by atoms with Crippen LogP contribution < -0.4 is 0 Å². The van der Waals surface area contributed by atoms with Crippen molar-refractivity contribution in [2.45, 2.75) is 45.4 Å². The van der Waals surface area contributed by atoms with E-state index in [-0.39, 0.29) is 0 Å². The average molecular weight is 130 g/mol. The van der Waals surface area contributed by atoms with E-state index < -0.39 is 0 Å². The van der Waals surface area contributed by atoms with Gasteiger partial charge in [0, 0.05) is 0 Å². The average Bonchev–Trinajstić information content (AvgIpc) is 1.97. The van der Waals surface area contributed by atoms with Gasteiger partial charge in [0.2, 0.25) is 0 Å². The van der Waals surface area contributed by atoms with Crippen molar-refractivity contribution in [3.05, 3.63) is 0 Å². The summed E-state index contributed by atoms with van der Waals surface area (Å²) in [6.45, 7) is 2.24. The molecule has 0 spiro atoms. The van der Waals surface area contributed by atoms with Gasteiger partial charge in [-0.25, -0.2) is 0 Å². The van der Waals surface area contributed by atoms with Gasteiger partial charge in [-0.1, -0.05) is 0 Å². The van der Waals surface area contributed by atoms with Gasteiger partial charge in [-0.15, -0.1) is 0 Å². The van der Waals surface area contributed by atoms with Crippen molar-refractivity contribution in [1.29, 1.82) is 0 Å². The van der Waals surface area contributed by atoms with Gasteiger partial charge in [0.05, 0.1) is 0 Å². The molecule has 1 heteroatoms. The van der Waals surface area contributed by atoms with Crippen LogP contribution in [0.4, 0.5) is 0 Å². The molecule has 0 aliphatic carbocycles. The van der Waals surface area contributed by atoms with Crippen LogP contribution in [-0.4, -0.2) is 17.7 Å². The third-order valence-corrected chi connectivity index (χ3v) is 1.58. The molecular formula is C9H15Li. The fourth-order valence-electron chi connectivity index (χ4n) is 0.942. The first kappa shape index (κ1) is 10.2. The molecule has 0 radical (unpaired) electrons. The van der Waals surface area contributed by atoms with E-state index in [0.29, 0.717) is 0 Å². The zero-order chi connectivity index (χ0) is 7.66. The van der Waals surface area contributed by atoms with E-state index >= 15 is 0 Å². The molecule has 0 fully saturated rings. The number of hydrogen-bond acceptors (Lipinski definition) is 0. The predicted molar refractivity (Wildman–Crippen MR) is 46.9 cm³/mol. The zero-order valence-electron chi connectivity index (χ0n) is 7.24. The maximum absolute atomic E-state index is 3.08. The molecule has 0 nitrogen and oxygen atoms in total. The standard InChI is InChI=1S/C9H15.Li/c1-3-5-7-9-8-6-4-2;/h3,5-9H2,1H3;. The predicted octanol–water partition coefficient (Wildman–Crippen LogP) is 2.48. The fourth-order valence-corrected chi connectivity index (χ4v) is 0.942. The van der Waals surface area contributed by atoms with Gasteiger partial charge in [-0.2, -0.15) is 0 Å². The van der Waals surface area contributed by atoms with E-state index in [2.05, 4.69) is 17.4 Å². The summed E-state index contributed by atoms with van der Waals surface area (Å²) in [6, 6.07) is 0. The Kier molecular flexibility index (Phi) is 9.30. The fraction of sp³-hybridized carbons (Fsp3) is 0.778. The third-order valence-electron chi connectivity index (χ3n) is 1.58. The van der Waals surface area contributed by atoms with Crippen LogP contribution in [0.25, 0.3) is 0 Å². The Balaban J connectivity index is 2.82. The topological polar surface area (TPSA) is 0 Å². The van der Waals surface area contributed by atoms with Crippen LogP contribution in [0, 0.1) is 10.5 Å². The molecule has 0 aromatic carbocycles. The quantitative estimate of drug-likeness (QED) is 0.304. The molecule has 0 aliphatic rings. The molecule has 0 aromatic rings. The van der Waals surface area contributed by atoms with Gasteiger partial charge < -0.3 is 0 Å². The summed E-state index contributed by atoms with van der Waals surface area (Å²) >= 11 is 1.91. The van der Waals surface area contributed by atoms with Gasteiger partial charge in [0.25, 0.3) is 0 Å². The maximum atomic E-state index is 3.08. The summed E-state index contributed by atoms with van der Waals surface area (Å²) in [5, 5.41) is 0. The first-order valence-electron chi connectivity index (χ1n) is 4.31. The van der Waals surface area contributed by atoms with Crippen LogP contribution in [0.3, 0.4) is 0 Å². The van der Waals surface area contributed by atoms with Crippen LogP contribution in [0.15, 0.2) is 0 Å². The molecular weight excluding hydrogens is 115 g/mol. The van der Waals surface area contributed by atoms with E-state index in [1.807, 2.05) is 17.7 Å².